The Morgan fingerprint density at radius 2 is 2.20 bits per heavy atom. The fourth-order valence-electron chi connectivity index (χ4n) is 1.48. The third-order valence-electron chi connectivity index (χ3n) is 2.42. The van der Waals surface area contributed by atoms with Gasteiger partial charge in [0.2, 0.25) is 0 Å². The van der Waals surface area contributed by atoms with Crippen molar-refractivity contribution in [2.45, 2.75) is 31.7 Å². The van der Waals surface area contributed by atoms with Crippen LogP contribution in [0.2, 0.25) is 0 Å². The summed E-state index contributed by atoms with van der Waals surface area (Å²) in [7, 11) is 0. The topological polar surface area (TPSA) is 59.4 Å². The summed E-state index contributed by atoms with van der Waals surface area (Å²) in [6.45, 7) is 4.47. The van der Waals surface area contributed by atoms with E-state index in [1.807, 2.05) is 0 Å². The lowest BCUT2D eigenvalue weighted by Gasteiger charge is -2.18. The molecule has 110 valence electrons. The number of aliphatic hydroxyl groups excluding tert-OH is 1. The van der Waals surface area contributed by atoms with Crippen LogP contribution in [-0.2, 0) is 9.53 Å². The van der Waals surface area contributed by atoms with Gasteiger partial charge in [-0.25, -0.2) is 4.79 Å². The predicted molar refractivity (Wildman–Crippen MR) is 64.6 cm³/mol. The minimum absolute atomic E-state index is 0.304. The summed E-state index contributed by atoms with van der Waals surface area (Å²) < 4.78 is 40.9. The molecule has 4 nitrogen and oxygen atoms in total. The second-order valence-corrected chi connectivity index (χ2v) is 4.25. The van der Waals surface area contributed by atoms with Crippen molar-refractivity contribution in [1.29, 1.82) is 0 Å². The van der Waals surface area contributed by atoms with Gasteiger partial charge in [0.15, 0.2) is 0 Å². The molecule has 20 heavy (non-hydrogen) atoms. The molecule has 0 saturated carbocycles. The normalized spacial score (nSPS) is 14.4. The smallest absolute Gasteiger partial charge is 0.392 e. The number of hydrogen-bond donors (Lipinski definition) is 1. The third kappa shape index (κ3) is 5.00. The van der Waals surface area contributed by atoms with Gasteiger partial charge in [-0.15, -0.1) is 0 Å². The number of ether oxygens (including phenoxy) is 1. The van der Waals surface area contributed by atoms with Gasteiger partial charge in [-0.05, 0) is 13.0 Å². The van der Waals surface area contributed by atoms with Crippen molar-refractivity contribution in [2.24, 2.45) is 0 Å². The first-order valence-electron chi connectivity index (χ1n) is 5.75. The van der Waals surface area contributed by atoms with Gasteiger partial charge in [-0.1, -0.05) is 12.6 Å². The first-order chi connectivity index (χ1) is 9.20. The molecule has 7 heteroatoms. The molecule has 0 radical (unpaired) electrons. The number of aromatic nitrogens is 1. The Bertz CT molecular complexity index is 473. The van der Waals surface area contributed by atoms with E-state index >= 15 is 0 Å². The zero-order valence-corrected chi connectivity index (χ0v) is 10.7. The maximum Gasteiger partial charge on any atom is 0.392 e. The number of halogens is 3. The molecule has 0 aromatic carbocycles. The number of carbonyl (C=O) groups is 1. The summed E-state index contributed by atoms with van der Waals surface area (Å²) in [5.74, 6) is -1.07. The zero-order chi connectivity index (χ0) is 15.3. The van der Waals surface area contributed by atoms with Crippen LogP contribution in [0, 0.1) is 0 Å². The fraction of sp³-hybridized carbons (Fsp3) is 0.385. The highest BCUT2D eigenvalue weighted by Gasteiger charge is 2.32. The van der Waals surface area contributed by atoms with E-state index in [4.69, 9.17) is 0 Å². The quantitative estimate of drug-likeness (QED) is 0.668. The fourth-order valence-corrected chi connectivity index (χ4v) is 1.48. The van der Waals surface area contributed by atoms with E-state index in [9.17, 15) is 23.1 Å². The first-order valence-corrected chi connectivity index (χ1v) is 5.75. The monoisotopic (exact) mass is 289 g/mol. The van der Waals surface area contributed by atoms with Crippen LogP contribution in [0.5, 0.6) is 0 Å². The second-order valence-electron chi connectivity index (χ2n) is 4.25. The molecule has 0 aliphatic rings. The van der Waals surface area contributed by atoms with Gasteiger partial charge in [0.1, 0.15) is 12.2 Å². The molecule has 1 N–H and O–H groups in total. The van der Waals surface area contributed by atoms with E-state index in [2.05, 4.69) is 16.3 Å². The Labute approximate surface area is 113 Å². The summed E-state index contributed by atoms with van der Waals surface area (Å²) in [5.41, 5.74) is -0.0371. The van der Waals surface area contributed by atoms with Gasteiger partial charge in [-0.3, -0.25) is 4.98 Å². The summed E-state index contributed by atoms with van der Waals surface area (Å²) in [5, 5.41) is 9.84. The van der Waals surface area contributed by atoms with Gasteiger partial charge < -0.3 is 9.84 Å². The lowest BCUT2D eigenvalue weighted by Crippen LogP contribution is -2.24. The van der Waals surface area contributed by atoms with Gasteiger partial charge in [0.25, 0.3) is 0 Å². The summed E-state index contributed by atoms with van der Waals surface area (Å²) >= 11 is 0. The van der Waals surface area contributed by atoms with Crippen molar-refractivity contribution in [2.75, 3.05) is 0 Å². The molecule has 0 aliphatic heterocycles. The standard InChI is InChI=1S/C13H14F3NO3/c1-8(6-13(14,15)16)20-12(19)9(2)11(18)10-4-3-5-17-7-10/h3-5,7-8,11,18H,2,6H2,1H3. The molecule has 2 unspecified atom stereocenters. The average molecular weight is 289 g/mol. The van der Waals surface area contributed by atoms with Crippen molar-refractivity contribution < 1.29 is 27.8 Å². The molecule has 1 aromatic heterocycles. The zero-order valence-electron chi connectivity index (χ0n) is 10.7. The number of nitrogens with zero attached hydrogens (tertiary/aromatic N) is 1. The predicted octanol–water partition coefficient (Wildman–Crippen LogP) is 2.56. The minimum atomic E-state index is -4.43. The largest absolute Gasteiger partial charge is 0.459 e. The molecule has 1 aromatic rings. The number of carbonyl (C=O) groups excluding carboxylic acids is 1. The van der Waals surface area contributed by atoms with E-state index < -0.39 is 30.8 Å². The van der Waals surface area contributed by atoms with Crippen LogP contribution in [0.3, 0.4) is 0 Å². The second kappa shape index (κ2) is 6.51. The summed E-state index contributed by atoms with van der Waals surface area (Å²) in [6, 6.07) is 3.05. The van der Waals surface area contributed by atoms with E-state index in [0.29, 0.717) is 5.56 Å². The maximum absolute atomic E-state index is 12.1. The van der Waals surface area contributed by atoms with Crippen molar-refractivity contribution in [3.05, 3.63) is 42.2 Å². The van der Waals surface area contributed by atoms with Gasteiger partial charge in [0.05, 0.1) is 12.0 Å². The molecular formula is C13H14F3NO3. The number of pyridine rings is 1. The van der Waals surface area contributed by atoms with E-state index in [1.165, 1.54) is 18.5 Å². The van der Waals surface area contributed by atoms with Crippen LogP contribution in [0.4, 0.5) is 13.2 Å². The first kappa shape index (κ1) is 16.2. The van der Waals surface area contributed by atoms with Crippen molar-refractivity contribution in [3.8, 4) is 0 Å². The van der Waals surface area contributed by atoms with Crippen molar-refractivity contribution >= 4 is 5.97 Å². The van der Waals surface area contributed by atoms with Crippen LogP contribution < -0.4 is 0 Å². The van der Waals surface area contributed by atoms with E-state index in [0.717, 1.165) is 6.92 Å². The Morgan fingerprint density at radius 3 is 2.70 bits per heavy atom. The summed E-state index contributed by atoms with van der Waals surface area (Å²) in [6.07, 6.45) is -5.60. The number of aliphatic hydroxyl groups is 1. The highest BCUT2D eigenvalue weighted by Crippen LogP contribution is 2.25. The van der Waals surface area contributed by atoms with Gasteiger partial charge in [-0.2, -0.15) is 13.2 Å². The molecule has 2 atom stereocenters. The molecule has 0 saturated heterocycles. The highest BCUT2D eigenvalue weighted by molar-refractivity contribution is 5.89. The Hall–Kier alpha value is -1.89. The molecule has 0 aliphatic carbocycles. The Morgan fingerprint density at radius 1 is 1.55 bits per heavy atom. The van der Waals surface area contributed by atoms with E-state index in [1.54, 1.807) is 6.07 Å². The SMILES string of the molecule is C=C(C(=O)OC(C)CC(F)(F)F)C(O)c1cccnc1. The highest BCUT2D eigenvalue weighted by atomic mass is 19.4. The molecule has 0 amide bonds. The lowest BCUT2D eigenvalue weighted by atomic mass is 10.1. The van der Waals surface area contributed by atoms with Crippen LogP contribution in [0.1, 0.15) is 25.0 Å². The van der Waals surface area contributed by atoms with Crippen LogP contribution >= 0.6 is 0 Å². The molecular weight excluding hydrogens is 275 g/mol. The van der Waals surface area contributed by atoms with Gasteiger partial charge >= 0.3 is 12.1 Å². The van der Waals surface area contributed by atoms with Crippen molar-refractivity contribution in [1.82, 2.24) is 4.98 Å². The maximum atomic E-state index is 12.1. The molecule has 1 heterocycles. The number of rotatable bonds is 5. The third-order valence-corrected chi connectivity index (χ3v) is 2.42. The Kier molecular flexibility index (Phi) is 5.26. The van der Waals surface area contributed by atoms with Gasteiger partial charge in [0, 0.05) is 18.0 Å². The van der Waals surface area contributed by atoms with E-state index in [-0.39, 0.29) is 5.57 Å². The molecule has 0 spiro atoms. The number of hydrogen-bond acceptors (Lipinski definition) is 4. The average Bonchev–Trinajstić information content (AvgIpc) is 2.35. The lowest BCUT2D eigenvalue weighted by molar-refractivity contribution is -0.168. The van der Waals surface area contributed by atoms with Crippen LogP contribution in [0.25, 0.3) is 0 Å². The number of alkyl halides is 3. The van der Waals surface area contributed by atoms with Crippen LogP contribution in [-0.4, -0.2) is 28.3 Å². The number of esters is 1. The molecule has 1 rings (SSSR count). The Balaban J connectivity index is 2.62. The minimum Gasteiger partial charge on any atom is -0.459 e. The van der Waals surface area contributed by atoms with Crippen LogP contribution in [0.15, 0.2) is 36.7 Å². The molecule has 0 fully saturated rings. The summed E-state index contributed by atoms with van der Waals surface area (Å²) in [4.78, 5) is 15.3. The van der Waals surface area contributed by atoms with Crippen molar-refractivity contribution in [3.63, 3.8) is 0 Å². The molecule has 0 bridgehead atoms.